The molecular formula is C25H27Cl2FN4O2. The second-order valence-corrected chi connectivity index (χ2v) is 9.20. The van der Waals surface area contributed by atoms with Gasteiger partial charge in [0.1, 0.15) is 17.7 Å². The molecule has 3 aromatic rings. The first-order valence-corrected chi connectivity index (χ1v) is 12.0. The average molecular weight is 505 g/mol. The number of carbonyl (C=O) groups excluding carboxylic acids is 1. The average Bonchev–Trinajstić information content (AvgIpc) is 3.33. The van der Waals surface area contributed by atoms with Crippen molar-refractivity contribution in [1.82, 2.24) is 19.8 Å². The molecule has 2 aromatic heterocycles. The van der Waals surface area contributed by atoms with Gasteiger partial charge in [-0.05, 0) is 51.1 Å². The zero-order chi connectivity index (χ0) is 24.2. The molecule has 1 saturated heterocycles. The Morgan fingerprint density at radius 2 is 2.00 bits per heavy atom. The first-order chi connectivity index (χ1) is 16.4. The van der Waals surface area contributed by atoms with Crippen LogP contribution in [0.2, 0.25) is 10.0 Å². The zero-order valence-electron chi connectivity index (χ0n) is 19.1. The van der Waals surface area contributed by atoms with E-state index in [4.69, 9.17) is 27.9 Å². The number of rotatable bonds is 7. The van der Waals surface area contributed by atoms with Crippen molar-refractivity contribution in [3.63, 3.8) is 0 Å². The number of ether oxygens (including phenoxy) is 1. The van der Waals surface area contributed by atoms with Gasteiger partial charge < -0.3 is 19.5 Å². The number of likely N-dealkylation sites (N-methyl/N-ethyl adjacent to an activating group) is 1. The Kier molecular flexibility index (Phi) is 7.76. The highest BCUT2D eigenvalue weighted by Gasteiger charge is 2.23. The van der Waals surface area contributed by atoms with Crippen molar-refractivity contribution in [3.05, 3.63) is 70.5 Å². The van der Waals surface area contributed by atoms with Crippen LogP contribution >= 0.6 is 23.2 Å². The van der Waals surface area contributed by atoms with E-state index in [2.05, 4.69) is 27.3 Å². The van der Waals surface area contributed by atoms with Gasteiger partial charge in [-0.1, -0.05) is 23.2 Å². The summed E-state index contributed by atoms with van der Waals surface area (Å²) in [5.41, 5.74) is 2.32. The van der Waals surface area contributed by atoms with E-state index in [9.17, 15) is 9.18 Å². The molecule has 0 aliphatic carbocycles. The second kappa shape index (κ2) is 10.8. The molecule has 9 heteroatoms. The van der Waals surface area contributed by atoms with E-state index in [0.717, 1.165) is 37.1 Å². The molecule has 1 unspecified atom stereocenters. The fraction of sp³-hybridized carbons (Fsp3) is 0.360. The first-order valence-electron chi connectivity index (χ1n) is 11.2. The van der Waals surface area contributed by atoms with Crippen LogP contribution in [0.25, 0.3) is 11.1 Å². The molecule has 0 radical (unpaired) electrons. The molecule has 34 heavy (non-hydrogen) atoms. The summed E-state index contributed by atoms with van der Waals surface area (Å²) >= 11 is 12.4. The quantitative estimate of drug-likeness (QED) is 0.430. The van der Waals surface area contributed by atoms with Gasteiger partial charge in [-0.3, -0.25) is 9.78 Å². The summed E-state index contributed by atoms with van der Waals surface area (Å²) in [5.74, 6) is 0.138. The van der Waals surface area contributed by atoms with Gasteiger partial charge in [0.2, 0.25) is 5.91 Å². The third kappa shape index (κ3) is 5.37. The molecule has 6 nitrogen and oxygen atoms in total. The molecule has 3 heterocycles. The van der Waals surface area contributed by atoms with Gasteiger partial charge in [0.25, 0.3) is 0 Å². The minimum absolute atomic E-state index is 0.0418. The minimum atomic E-state index is -0.562. The van der Waals surface area contributed by atoms with E-state index < -0.39 is 11.9 Å². The Balaban J connectivity index is 1.44. The van der Waals surface area contributed by atoms with Crippen molar-refractivity contribution >= 4 is 29.1 Å². The number of amides is 1. The van der Waals surface area contributed by atoms with E-state index in [-0.39, 0.29) is 10.9 Å². The summed E-state index contributed by atoms with van der Waals surface area (Å²) < 4.78 is 22.1. The number of pyridine rings is 1. The van der Waals surface area contributed by atoms with Crippen molar-refractivity contribution in [3.8, 4) is 16.9 Å². The Morgan fingerprint density at radius 1 is 1.24 bits per heavy atom. The number of aromatic nitrogens is 2. The van der Waals surface area contributed by atoms with Crippen LogP contribution in [-0.4, -0.2) is 47.0 Å². The summed E-state index contributed by atoms with van der Waals surface area (Å²) in [7, 11) is 1.79. The maximum absolute atomic E-state index is 13.9. The van der Waals surface area contributed by atoms with Gasteiger partial charge in [-0.2, -0.15) is 0 Å². The number of piperidine rings is 1. The van der Waals surface area contributed by atoms with Gasteiger partial charge in [0.15, 0.2) is 0 Å². The first kappa shape index (κ1) is 24.5. The van der Waals surface area contributed by atoms with Crippen molar-refractivity contribution in [1.29, 1.82) is 0 Å². The molecular weight excluding hydrogens is 478 g/mol. The topological polar surface area (TPSA) is 59.4 Å². The van der Waals surface area contributed by atoms with Crippen LogP contribution in [0, 0.1) is 5.82 Å². The van der Waals surface area contributed by atoms with Crippen molar-refractivity contribution in [2.75, 3.05) is 26.7 Å². The SMILES string of the molecule is CNCC(=O)N1CCC(n2ccc(-c3cncc(OC(C)c4c(Cl)ccc(F)c4Cl)c3)c2)CC1. The van der Waals surface area contributed by atoms with E-state index >= 15 is 0 Å². The van der Waals surface area contributed by atoms with Gasteiger partial charge in [-0.15, -0.1) is 0 Å². The highest BCUT2D eigenvalue weighted by molar-refractivity contribution is 6.36. The molecule has 0 spiro atoms. The number of hydrogen-bond acceptors (Lipinski definition) is 4. The lowest BCUT2D eigenvalue weighted by atomic mass is 10.0. The van der Waals surface area contributed by atoms with Crippen molar-refractivity contribution in [2.24, 2.45) is 0 Å². The Bertz CT molecular complexity index is 1160. The number of carbonyl (C=O) groups is 1. The fourth-order valence-corrected chi connectivity index (χ4v) is 4.98. The lowest BCUT2D eigenvalue weighted by Crippen LogP contribution is -2.42. The van der Waals surface area contributed by atoms with Gasteiger partial charge in [-0.25, -0.2) is 4.39 Å². The number of nitrogens with zero attached hydrogens (tertiary/aromatic N) is 3. The Morgan fingerprint density at radius 3 is 2.74 bits per heavy atom. The van der Waals surface area contributed by atoms with E-state index in [1.54, 1.807) is 26.4 Å². The molecule has 1 aromatic carbocycles. The van der Waals surface area contributed by atoms with E-state index in [1.165, 1.54) is 12.1 Å². The predicted octanol–water partition coefficient (Wildman–Crippen LogP) is 5.52. The number of hydrogen-bond donors (Lipinski definition) is 1. The molecule has 1 atom stereocenters. The van der Waals surface area contributed by atoms with Crippen LogP contribution in [0.15, 0.2) is 49.1 Å². The summed E-state index contributed by atoms with van der Waals surface area (Å²) in [4.78, 5) is 18.3. The van der Waals surface area contributed by atoms with Gasteiger partial charge in [0.05, 0.1) is 17.8 Å². The molecule has 0 bridgehead atoms. The molecule has 0 saturated carbocycles. The van der Waals surface area contributed by atoms with Crippen molar-refractivity contribution < 1.29 is 13.9 Å². The monoisotopic (exact) mass is 504 g/mol. The Labute approximate surface area is 208 Å². The summed E-state index contributed by atoms with van der Waals surface area (Å²) in [6.45, 7) is 3.66. The summed E-state index contributed by atoms with van der Waals surface area (Å²) in [6.07, 6.45) is 8.81. The maximum Gasteiger partial charge on any atom is 0.236 e. The molecule has 1 N–H and O–H groups in total. The van der Waals surface area contributed by atoms with E-state index in [0.29, 0.717) is 28.9 Å². The number of halogens is 3. The van der Waals surface area contributed by atoms with Crippen LogP contribution < -0.4 is 10.1 Å². The molecule has 1 fully saturated rings. The lowest BCUT2D eigenvalue weighted by molar-refractivity contribution is -0.131. The predicted molar refractivity (Wildman–Crippen MR) is 132 cm³/mol. The minimum Gasteiger partial charge on any atom is -0.484 e. The van der Waals surface area contributed by atoms with Gasteiger partial charge in [0, 0.05) is 59.4 Å². The Hall–Kier alpha value is -2.61. The highest BCUT2D eigenvalue weighted by atomic mass is 35.5. The third-order valence-corrected chi connectivity index (χ3v) is 6.84. The standard InChI is InChI=1S/C25H27Cl2FN4O2/c1-16(24-21(26)3-4-22(28)25(24)27)34-20-11-18(12-30-13-20)17-5-8-32(15-17)19-6-9-31(10-7-19)23(33)14-29-2/h3-5,8,11-13,15-16,19,29H,6-7,9-10,14H2,1-2H3. The second-order valence-electron chi connectivity index (χ2n) is 8.42. The molecule has 180 valence electrons. The lowest BCUT2D eigenvalue weighted by Gasteiger charge is -2.32. The normalized spacial score (nSPS) is 15.4. The van der Waals surface area contributed by atoms with Crippen LogP contribution in [0.3, 0.4) is 0 Å². The zero-order valence-corrected chi connectivity index (χ0v) is 20.6. The smallest absolute Gasteiger partial charge is 0.236 e. The highest BCUT2D eigenvalue weighted by Crippen LogP contribution is 2.35. The number of benzene rings is 1. The number of likely N-dealkylation sites (tertiary alicyclic amines) is 1. The molecule has 1 aliphatic heterocycles. The maximum atomic E-state index is 13.9. The van der Waals surface area contributed by atoms with Crippen LogP contribution in [-0.2, 0) is 4.79 Å². The summed E-state index contributed by atoms with van der Waals surface area (Å²) in [6, 6.07) is 6.98. The fourth-order valence-electron chi connectivity index (χ4n) is 4.31. The van der Waals surface area contributed by atoms with Crippen LogP contribution in [0.1, 0.15) is 37.5 Å². The van der Waals surface area contributed by atoms with Crippen LogP contribution in [0.5, 0.6) is 5.75 Å². The molecule has 1 aliphatic rings. The van der Waals surface area contributed by atoms with Crippen LogP contribution in [0.4, 0.5) is 4.39 Å². The van der Waals surface area contributed by atoms with Crippen molar-refractivity contribution in [2.45, 2.75) is 31.9 Å². The van der Waals surface area contributed by atoms with E-state index in [1.807, 2.05) is 17.0 Å². The third-order valence-electron chi connectivity index (χ3n) is 6.13. The number of nitrogens with one attached hydrogen (secondary N) is 1. The summed E-state index contributed by atoms with van der Waals surface area (Å²) in [5, 5.41) is 3.22. The molecule has 4 rings (SSSR count). The molecule has 1 amide bonds. The largest absolute Gasteiger partial charge is 0.484 e. The van der Waals surface area contributed by atoms with Gasteiger partial charge >= 0.3 is 0 Å².